The Labute approximate surface area is 194 Å². The number of benzene rings is 2. The number of sulfonamides is 1. The zero-order valence-electron chi connectivity index (χ0n) is 18.8. The van der Waals surface area contributed by atoms with Gasteiger partial charge in [0.05, 0.1) is 4.90 Å². The van der Waals surface area contributed by atoms with Crippen LogP contribution in [0.4, 0.5) is 0 Å². The molecule has 2 saturated heterocycles. The molecule has 0 radical (unpaired) electrons. The number of nitrogens with zero attached hydrogens (tertiary/aromatic N) is 3. The second-order valence-electron chi connectivity index (χ2n) is 8.84. The van der Waals surface area contributed by atoms with Crippen molar-refractivity contribution in [2.75, 3.05) is 46.1 Å². The molecule has 0 aliphatic carbocycles. The second kappa shape index (κ2) is 8.96. The Morgan fingerprint density at radius 1 is 0.909 bits per heavy atom. The first-order chi connectivity index (χ1) is 15.9. The van der Waals surface area contributed by atoms with E-state index in [4.69, 9.17) is 9.47 Å². The fourth-order valence-corrected chi connectivity index (χ4v) is 6.19. The van der Waals surface area contributed by atoms with E-state index in [1.807, 2.05) is 30.0 Å². The molecule has 9 heteroatoms. The van der Waals surface area contributed by atoms with E-state index in [9.17, 15) is 13.2 Å². The Hall–Kier alpha value is -2.62. The molecule has 8 nitrogen and oxygen atoms in total. The van der Waals surface area contributed by atoms with Gasteiger partial charge in [0.2, 0.25) is 16.8 Å². The minimum absolute atomic E-state index is 0.103. The average Bonchev–Trinajstić information content (AvgIpc) is 3.52. The Bertz CT molecular complexity index is 1150. The summed E-state index contributed by atoms with van der Waals surface area (Å²) in [6.45, 7) is 6.71. The van der Waals surface area contributed by atoms with Gasteiger partial charge in [-0.15, -0.1) is 0 Å². The number of carbonyl (C=O) groups excluding carboxylic acids is 1. The molecule has 3 aliphatic heterocycles. The monoisotopic (exact) mass is 471 g/mol. The highest BCUT2D eigenvalue weighted by Crippen LogP contribution is 2.33. The van der Waals surface area contributed by atoms with Crippen molar-refractivity contribution in [2.45, 2.75) is 31.2 Å². The molecule has 33 heavy (non-hydrogen) atoms. The number of hydrogen-bond donors (Lipinski definition) is 0. The fourth-order valence-electron chi connectivity index (χ4n) is 4.65. The number of piperazine rings is 1. The second-order valence-corrected chi connectivity index (χ2v) is 10.8. The van der Waals surface area contributed by atoms with Crippen LogP contribution in [-0.2, 0) is 16.6 Å². The highest BCUT2D eigenvalue weighted by Gasteiger charge is 2.29. The first-order valence-corrected chi connectivity index (χ1v) is 12.9. The van der Waals surface area contributed by atoms with Crippen LogP contribution >= 0.6 is 0 Å². The molecule has 3 aliphatic rings. The molecule has 2 aromatic rings. The summed E-state index contributed by atoms with van der Waals surface area (Å²) in [5, 5.41) is 0. The highest BCUT2D eigenvalue weighted by molar-refractivity contribution is 7.89. The van der Waals surface area contributed by atoms with Crippen LogP contribution in [0.1, 0.15) is 34.3 Å². The van der Waals surface area contributed by atoms with E-state index in [2.05, 4.69) is 4.90 Å². The van der Waals surface area contributed by atoms with Gasteiger partial charge in [0, 0.05) is 51.4 Å². The summed E-state index contributed by atoms with van der Waals surface area (Å²) >= 11 is 0. The molecule has 0 aromatic heterocycles. The molecular weight excluding hydrogens is 442 g/mol. The predicted octanol–water partition coefficient (Wildman–Crippen LogP) is 2.47. The van der Waals surface area contributed by atoms with Crippen molar-refractivity contribution >= 4 is 15.9 Å². The Kier molecular flexibility index (Phi) is 6.03. The topological polar surface area (TPSA) is 79.4 Å². The van der Waals surface area contributed by atoms with Gasteiger partial charge < -0.3 is 14.4 Å². The SMILES string of the molecule is Cc1ccc(S(=O)(=O)N2CCCC2)cc1C(=O)N1CCN(Cc2ccc3c(c2)OCO3)CC1. The Morgan fingerprint density at radius 2 is 1.64 bits per heavy atom. The van der Waals surface area contributed by atoms with Crippen LogP contribution < -0.4 is 9.47 Å². The predicted molar refractivity (Wildman–Crippen MR) is 123 cm³/mol. The van der Waals surface area contributed by atoms with Gasteiger partial charge in [0.25, 0.3) is 5.91 Å². The summed E-state index contributed by atoms with van der Waals surface area (Å²) in [5.41, 5.74) is 2.41. The first-order valence-electron chi connectivity index (χ1n) is 11.4. The largest absolute Gasteiger partial charge is 0.454 e. The van der Waals surface area contributed by atoms with Gasteiger partial charge in [-0.05, 0) is 55.2 Å². The van der Waals surface area contributed by atoms with Crippen molar-refractivity contribution in [3.63, 3.8) is 0 Å². The summed E-state index contributed by atoms with van der Waals surface area (Å²) < 4.78 is 38.3. The molecular formula is C24H29N3O5S. The molecule has 0 spiro atoms. The molecule has 0 atom stereocenters. The third-order valence-electron chi connectivity index (χ3n) is 6.64. The van der Waals surface area contributed by atoms with Crippen molar-refractivity contribution in [1.29, 1.82) is 0 Å². The Morgan fingerprint density at radius 3 is 2.39 bits per heavy atom. The van der Waals surface area contributed by atoms with Gasteiger partial charge in [-0.2, -0.15) is 4.31 Å². The van der Waals surface area contributed by atoms with Crippen LogP contribution in [0.15, 0.2) is 41.3 Å². The summed E-state index contributed by atoms with van der Waals surface area (Å²) in [6.07, 6.45) is 1.76. The highest BCUT2D eigenvalue weighted by atomic mass is 32.2. The molecule has 2 fully saturated rings. The lowest BCUT2D eigenvalue weighted by Crippen LogP contribution is -2.48. The van der Waals surface area contributed by atoms with Gasteiger partial charge >= 0.3 is 0 Å². The summed E-state index contributed by atoms with van der Waals surface area (Å²) in [5.74, 6) is 1.45. The number of fused-ring (bicyclic) bond motifs is 1. The summed E-state index contributed by atoms with van der Waals surface area (Å²) in [4.78, 5) is 17.6. The number of rotatable bonds is 5. The van der Waals surface area contributed by atoms with Crippen LogP contribution in [0.3, 0.4) is 0 Å². The van der Waals surface area contributed by atoms with Crippen molar-refractivity contribution < 1.29 is 22.7 Å². The lowest BCUT2D eigenvalue weighted by atomic mass is 10.1. The molecule has 3 heterocycles. The van der Waals surface area contributed by atoms with Gasteiger partial charge in [-0.1, -0.05) is 12.1 Å². The number of carbonyl (C=O) groups is 1. The quantitative estimate of drug-likeness (QED) is 0.667. The van der Waals surface area contributed by atoms with E-state index >= 15 is 0 Å². The standard InChI is InChI=1S/C24H29N3O5S/c1-18-4-6-20(33(29,30)27-8-2-3-9-27)15-21(18)24(28)26-12-10-25(11-13-26)16-19-5-7-22-23(14-19)32-17-31-22/h4-7,14-15H,2-3,8-13,16-17H2,1H3. The smallest absolute Gasteiger partial charge is 0.254 e. The zero-order chi connectivity index (χ0) is 23.0. The number of hydrogen-bond acceptors (Lipinski definition) is 6. The van der Waals surface area contributed by atoms with Crippen molar-refractivity contribution in [3.05, 3.63) is 53.1 Å². The summed E-state index contributed by atoms with van der Waals surface area (Å²) in [7, 11) is -3.55. The van der Waals surface area contributed by atoms with E-state index in [-0.39, 0.29) is 17.6 Å². The average molecular weight is 472 g/mol. The normalized spacial score (nSPS) is 19.2. The van der Waals surface area contributed by atoms with E-state index in [0.29, 0.717) is 31.7 Å². The van der Waals surface area contributed by atoms with Gasteiger partial charge in [0.15, 0.2) is 11.5 Å². The fraction of sp³-hybridized carbons (Fsp3) is 0.458. The van der Waals surface area contributed by atoms with Crippen LogP contribution in [0.2, 0.25) is 0 Å². The summed E-state index contributed by atoms with van der Waals surface area (Å²) in [6, 6.07) is 10.9. The molecule has 1 amide bonds. The van der Waals surface area contributed by atoms with E-state index in [0.717, 1.165) is 55.1 Å². The lowest BCUT2D eigenvalue weighted by Gasteiger charge is -2.35. The Balaban J connectivity index is 1.24. The van der Waals surface area contributed by atoms with Crippen molar-refractivity contribution in [1.82, 2.24) is 14.1 Å². The maximum Gasteiger partial charge on any atom is 0.254 e. The minimum Gasteiger partial charge on any atom is -0.454 e. The maximum absolute atomic E-state index is 13.3. The molecule has 0 bridgehead atoms. The molecule has 0 unspecified atom stereocenters. The van der Waals surface area contributed by atoms with Crippen molar-refractivity contribution in [2.24, 2.45) is 0 Å². The molecule has 2 aromatic carbocycles. The molecule has 0 N–H and O–H groups in total. The van der Waals surface area contributed by atoms with Crippen LogP contribution in [0.25, 0.3) is 0 Å². The van der Waals surface area contributed by atoms with Gasteiger partial charge in [0.1, 0.15) is 0 Å². The third kappa shape index (κ3) is 4.45. The zero-order valence-corrected chi connectivity index (χ0v) is 19.6. The van der Waals surface area contributed by atoms with E-state index in [1.165, 1.54) is 4.31 Å². The lowest BCUT2D eigenvalue weighted by molar-refractivity contribution is 0.0627. The van der Waals surface area contributed by atoms with Gasteiger partial charge in [-0.25, -0.2) is 8.42 Å². The van der Waals surface area contributed by atoms with E-state index < -0.39 is 10.0 Å². The number of amides is 1. The van der Waals surface area contributed by atoms with Crippen LogP contribution in [0, 0.1) is 6.92 Å². The van der Waals surface area contributed by atoms with E-state index in [1.54, 1.807) is 18.2 Å². The minimum atomic E-state index is -3.55. The first kappa shape index (κ1) is 22.2. The molecule has 0 saturated carbocycles. The maximum atomic E-state index is 13.3. The van der Waals surface area contributed by atoms with Crippen LogP contribution in [0.5, 0.6) is 11.5 Å². The van der Waals surface area contributed by atoms with Crippen LogP contribution in [-0.4, -0.2) is 74.5 Å². The molecule has 5 rings (SSSR count). The number of ether oxygens (including phenoxy) is 2. The van der Waals surface area contributed by atoms with Crippen molar-refractivity contribution in [3.8, 4) is 11.5 Å². The number of aryl methyl sites for hydroxylation is 1. The third-order valence-corrected chi connectivity index (χ3v) is 8.54. The molecule has 176 valence electrons. The van der Waals surface area contributed by atoms with Gasteiger partial charge in [-0.3, -0.25) is 9.69 Å².